The minimum atomic E-state index is -0.981. The van der Waals surface area contributed by atoms with Crippen LogP contribution >= 0.6 is 0 Å². The van der Waals surface area contributed by atoms with Crippen molar-refractivity contribution in [3.05, 3.63) is 12.2 Å². The van der Waals surface area contributed by atoms with Gasteiger partial charge in [-0.1, -0.05) is 38.3 Å². The first-order chi connectivity index (χ1) is 10.5. The summed E-state index contributed by atoms with van der Waals surface area (Å²) in [6, 6.07) is 0. The van der Waals surface area contributed by atoms with Crippen LogP contribution in [0.5, 0.6) is 0 Å². The Morgan fingerprint density at radius 3 is 2.77 bits per heavy atom. The molecule has 0 aromatic carbocycles. The lowest BCUT2D eigenvalue weighted by molar-refractivity contribution is -0.215. The van der Waals surface area contributed by atoms with E-state index in [-0.39, 0.29) is 12.8 Å². The normalized spacial score (nSPS) is 30.5. The fourth-order valence-corrected chi connectivity index (χ4v) is 2.65. The third-order valence-corrected chi connectivity index (χ3v) is 3.96. The molecule has 5 atom stereocenters. The topological polar surface area (TPSA) is 96.2 Å². The van der Waals surface area contributed by atoms with Crippen LogP contribution in [0.3, 0.4) is 0 Å². The lowest BCUT2D eigenvalue weighted by atomic mass is 9.87. The van der Waals surface area contributed by atoms with Gasteiger partial charge in [0, 0.05) is 19.4 Å². The first kappa shape index (κ1) is 19.1. The number of hydrogen-bond acceptors (Lipinski definition) is 5. The molecular weight excluding hydrogens is 288 g/mol. The molecule has 0 bridgehead atoms. The monoisotopic (exact) mass is 316 g/mol. The number of methoxy groups -OCH3 is 1. The summed E-state index contributed by atoms with van der Waals surface area (Å²) in [7, 11) is 1.48. The first-order valence-electron chi connectivity index (χ1n) is 7.92. The minimum Gasteiger partial charge on any atom is -0.481 e. The molecule has 6 nitrogen and oxygen atoms in total. The first-order valence-corrected chi connectivity index (χ1v) is 7.92. The molecule has 0 radical (unpaired) electrons. The molecule has 128 valence electrons. The molecule has 1 fully saturated rings. The van der Waals surface area contributed by atoms with Crippen molar-refractivity contribution in [1.29, 1.82) is 0 Å². The van der Waals surface area contributed by atoms with Crippen LogP contribution in [0.25, 0.3) is 0 Å². The maximum Gasteiger partial charge on any atom is 0.303 e. The molecule has 1 rings (SSSR count). The smallest absolute Gasteiger partial charge is 0.303 e. The molecular formula is C16H28O6. The molecule has 3 N–H and O–H groups in total. The number of carboxylic acids is 1. The second-order valence-electron chi connectivity index (χ2n) is 5.78. The van der Waals surface area contributed by atoms with E-state index < -0.39 is 36.5 Å². The van der Waals surface area contributed by atoms with Crippen molar-refractivity contribution in [3.8, 4) is 0 Å². The number of aliphatic hydroxyl groups excluding tert-OH is 2. The number of ether oxygens (including phenoxy) is 2. The standard InChI is InChI=1S/C16H28O6/c1-3-4-5-6-11(17)7-8-14-12(9-15(19)20)13(18)10-16(21-2)22-14/h7-8,11-14,16-18H,3-6,9-10H2,1-2H3,(H,19,20)/t11-,12-,13+,14+,16?/m0/s1. The maximum atomic E-state index is 11.0. The number of rotatable bonds is 9. The van der Waals surface area contributed by atoms with Crippen LogP contribution in [0.4, 0.5) is 0 Å². The molecule has 1 unspecified atom stereocenters. The fraction of sp³-hybridized carbons (Fsp3) is 0.812. The summed E-state index contributed by atoms with van der Waals surface area (Å²) in [6.07, 6.45) is 4.57. The summed E-state index contributed by atoms with van der Waals surface area (Å²) in [5.74, 6) is -1.52. The van der Waals surface area contributed by atoms with Crippen LogP contribution in [0, 0.1) is 5.92 Å². The molecule has 1 aliphatic rings. The van der Waals surface area contributed by atoms with Crippen molar-refractivity contribution in [3.63, 3.8) is 0 Å². The predicted octanol–water partition coefficient (Wildman–Crippen LogP) is 1.70. The van der Waals surface area contributed by atoms with Gasteiger partial charge < -0.3 is 24.8 Å². The van der Waals surface area contributed by atoms with Crippen molar-refractivity contribution < 1.29 is 29.6 Å². The van der Waals surface area contributed by atoms with Gasteiger partial charge in [-0.2, -0.15) is 0 Å². The van der Waals surface area contributed by atoms with E-state index in [1.165, 1.54) is 7.11 Å². The van der Waals surface area contributed by atoms with Gasteiger partial charge >= 0.3 is 5.97 Å². The highest BCUT2D eigenvalue weighted by molar-refractivity contribution is 5.67. The van der Waals surface area contributed by atoms with E-state index in [1.54, 1.807) is 12.2 Å². The molecule has 0 amide bonds. The average molecular weight is 316 g/mol. The Labute approximate surface area is 131 Å². The van der Waals surface area contributed by atoms with Crippen LogP contribution in [0.1, 0.15) is 45.4 Å². The summed E-state index contributed by atoms with van der Waals surface area (Å²) < 4.78 is 10.8. The number of hydrogen-bond donors (Lipinski definition) is 3. The quantitative estimate of drug-likeness (QED) is 0.442. The lowest BCUT2D eigenvalue weighted by Gasteiger charge is -2.37. The van der Waals surface area contributed by atoms with Gasteiger partial charge in [0.05, 0.1) is 24.7 Å². The highest BCUT2D eigenvalue weighted by atomic mass is 16.7. The molecule has 0 spiro atoms. The van der Waals surface area contributed by atoms with Crippen LogP contribution in [-0.4, -0.2) is 53.0 Å². The zero-order valence-electron chi connectivity index (χ0n) is 13.4. The maximum absolute atomic E-state index is 11.0. The Hall–Kier alpha value is -0.950. The largest absolute Gasteiger partial charge is 0.481 e. The predicted molar refractivity (Wildman–Crippen MR) is 81.3 cm³/mol. The van der Waals surface area contributed by atoms with E-state index in [1.807, 2.05) is 0 Å². The SMILES string of the molecule is CCCCC[C@H](O)C=C[C@H]1OC(OC)C[C@@H](O)[C@@H]1CC(=O)O. The summed E-state index contributed by atoms with van der Waals surface area (Å²) in [4.78, 5) is 11.0. The molecule has 0 saturated carbocycles. The Balaban J connectivity index is 2.65. The number of carbonyl (C=O) groups is 1. The van der Waals surface area contributed by atoms with Crippen molar-refractivity contribution >= 4 is 5.97 Å². The average Bonchev–Trinajstić information content (AvgIpc) is 2.47. The highest BCUT2D eigenvalue weighted by Gasteiger charge is 2.37. The molecule has 6 heteroatoms. The van der Waals surface area contributed by atoms with Crippen LogP contribution in [0.2, 0.25) is 0 Å². The van der Waals surface area contributed by atoms with Gasteiger partial charge in [-0.15, -0.1) is 0 Å². The molecule has 1 heterocycles. The highest BCUT2D eigenvalue weighted by Crippen LogP contribution is 2.29. The van der Waals surface area contributed by atoms with Gasteiger partial charge in [-0.25, -0.2) is 0 Å². The van der Waals surface area contributed by atoms with E-state index >= 15 is 0 Å². The van der Waals surface area contributed by atoms with Gasteiger partial charge in [0.2, 0.25) is 0 Å². The van der Waals surface area contributed by atoms with E-state index in [0.29, 0.717) is 6.42 Å². The van der Waals surface area contributed by atoms with Crippen molar-refractivity contribution in [2.75, 3.05) is 7.11 Å². The summed E-state index contributed by atoms with van der Waals surface area (Å²) in [5.41, 5.74) is 0. The van der Waals surface area contributed by atoms with Gasteiger partial charge in [0.1, 0.15) is 0 Å². The van der Waals surface area contributed by atoms with Crippen LogP contribution < -0.4 is 0 Å². The third-order valence-electron chi connectivity index (χ3n) is 3.96. The molecule has 1 saturated heterocycles. The Bertz CT molecular complexity index is 357. The third kappa shape index (κ3) is 6.44. The Morgan fingerprint density at radius 1 is 1.45 bits per heavy atom. The van der Waals surface area contributed by atoms with Crippen molar-refractivity contribution in [2.45, 2.75) is 70.1 Å². The second-order valence-corrected chi connectivity index (χ2v) is 5.78. The van der Waals surface area contributed by atoms with Crippen molar-refractivity contribution in [1.82, 2.24) is 0 Å². The number of carboxylic acid groups (broad SMARTS) is 1. The zero-order chi connectivity index (χ0) is 16.5. The number of unbranched alkanes of at least 4 members (excludes halogenated alkanes) is 2. The van der Waals surface area contributed by atoms with E-state index in [9.17, 15) is 15.0 Å². The van der Waals surface area contributed by atoms with Gasteiger partial charge in [-0.3, -0.25) is 4.79 Å². The van der Waals surface area contributed by atoms with E-state index in [2.05, 4.69) is 6.92 Å². The Morgan fingerprint density at radius 2 is 2.18 bits per heavy atom. The summed E-state index contributed by atoms with van der Waals surface area (Å²) in [5, 5.41) is 29.0. The van der Waals surface area contributed by atoms with Gasteiger partial charge in [0.25, 0.3) is 0 Å². The van der Waals surface area contributed by atoms with Gasteiger partial charge in [-0.05, 0) is 6.42 Å². The summed E-state index contributed by atoms with van der Waals surface area (Å²) in [6.45, 7) is 2.10. The summed E-state index contributed by atoms with van der Waals surface area (Å²) >= 11 is 0. The van der Waals surface area contributed by atoms with Crippen molar-refractivity contribution in [2.24, 2.45) is 5.92 Å². The fourth-order valence-electron chi connectivity index (χ4n) is 2.65. The minimum absolute atomic E-state index is 0.182. The second kappa shape index (κ2) is 9.94. The number of aliphatic carboxylic acids is 1. The van der Waals surface area contributed by atoms with Gasteiger partial charge in [0.15, 0.2) is 6.29 Å². The zero-order valence-corrected chi connectivity index (χ0v) is 13.4. The van der Waals surface area contributed by atoms with Crippen LogP contribution in [-0.2, 0) is 14.3 Å². The molecule has 0 aromatic heterocycles. The molecule has 22 heavy (non-hydrogen) atoms. The van der Waals surface area contributed by atoms with E-state index in [0.717, 1.165) is 19.3 Å². The Kier molecular flexibility index (Phi) is 8.63. The van der Waals surface area contributed by atoms with E-state index in [4.69, 9.17) is 14.6 Å². The lowest BCUT2D eigenvalue weighted by Crippen LogP contribution is -2.45. The molecule has 0 aliphatic carbocycles. The molecule has 0 aromatic rings. The molecule has 1 aliphatic heterocycles. The number of aliphatic hydroxyl groups is 2. The van der Waals surface area contributed by atoms with Crippen LogP contribution in [0.15, 0.2) is 12.2 Å².